The number of halogens is 2. The van der Waals surface area contributed by atoms with E-state index in [-0.39, 0.29) is 24.8 Å². The molecular formula is C16H20ClFN2O. The minimum Gasteiger partial charge on any atom is -0.333 e. The molecule has 1 unspecified atom stereocenters. The van der Waals surface area contributed by atoms with Crippen molar-refractivity contribution in [2.45, 2.75) is 37.4 Å². The number of amides is 1. The second-order valence-corrected chi connectivity index (χ2v) is 6.36. The Labute approximate surface area is 129 Å². The van der Waals surface area contributed by atoms with Crippen LogP contribution in [0.4, 0.5) is 4.39 Å². The smallest absolute Gasteiger partial charge is 0.260 e. The standard InChI is InChI=1S/C16H20ClFN2O/c17-13-5-3-12(4-6-13)14-2-1-11-20(14)15(21)16(18)7-9-19-10-8-16/h3-6,14,19H,1-2,7-11H2. The number of likely N-dealkylation sites (tertiary alicyclic amines) is 1. The summed E-state index contributed by atoms with van der Waals surface area (Å²) in [4.78, 5) is 14.4. The van der Waals surface area contributed by atoms with Gasteiger partial charge in [0.05, 0.1) is 6.04 Å². The molecule has 2 aliphatic rings. The molecule has 2 aliphatic heterocycles. The van der Waals surface area contributed by atoms with Crippen LogP contribution in [0, 0.1) is 0 Å². The van der Waals surface area contributed by atoms with Crippen molar-refractivity contribution >= 4 is 17.5 Å². The molecule has 0 radical (unpaired) electrons. The first-order valence-electron chi connectivity index (χ1n) is 7.56. The molecule has 1 aromatic carbocycles. The number of hydrogen-bond acceptors (Lipinski definition) is 2. The van der Waals surface area contributed by atoms with Crippen LogP contribution in [-0.4, -0.2) is 36.1 Å². The number of alkyl halides is 1. The number of piperidine rings is 1. The van der Waals surface area contributed by atoms with Crippen LogP contribution >= 0.6 is 11.6 Å². The predicted octanol–water partition coefficient (Wildman–Crippen LogP) is 3.10. The fourth-order valence-corrected chi connectivity index (χ4v) is 3.46. The molecule has 21 heavy (non-hydrogen) atoms. The van der Waals surface area contributed by atoms with Crippen LogP contribution in [0.5, 0.6) is 0 Å². The van der Waals surface area contributed by atoms with Crippen LogP contribution in [0.1, 0.15) is 37.3 Å². The molecule has 3 nitrogen and oxygen atoms in total. The lowest BCUT2D eigenvalue weighted by atomic mass is 9.92. The fraction of sp³-hybridized carbons (Fsp3) is 0.562. The maximum atomic E-state index is 14.9. The summed E-state index contributed by atoms with van der Waals surface area (Å²) in [6, 6.07) is 7.51. The normalized spacial score (nSPS) is 25.0. The predicted molar refractivity (Wildman–Crippen MR) is 81.1 cm³/mol. The third-order valence-electron chi connectivity index (χ3n) is 4.55. The maximum absolute atomic E-state index is 14.9. The van der Waals surface area contributed by atoms with Crippen LogP contribution in [-0.2, 0) is 4.79 Å². The lowest BCUT2D eigenvalue weighted by Gasteiger charge is -2.35. The molecule has 0 aromatic heterocycles. The van der Waals surface area contributed by atoms with E-state index in [4.69, 9.17) is 11.6 Å². The van der Waals surface area contributed by atoms with Gasteiger partial charge in [-0.15, -0.1) is 0 Å². The van der Waals surface area contributed by atoms with Crippen molar-refractivity contribution in [3.8, 4) is 0 Å². The van der Waals surface area contributed by atoms with E-state index in [1.54, 1.807) is 4.90 Å². The fourth-order valence-electron chi connectivity index (χ4n) is 3.34. The Morgan fingerprint density at radius 1 is 1.29 bits per heavy atom. The Hall–Kier alpha value is -1.13. The highest BCUT2D eigenvalue weighted by atomic mass is 35.5. The molecule has 114 valence electrons. The summed E-state index contributed by atoms with van der Waals surface area (Å²) >= 11 is 5.91. The molecule has 3 rings (SSSR count). The first-order valence-corrected chi connectivity index (χ1v) is 7.94. The minimum absolute atomic E-state index is 0.0164. The van der Waals surface area contributed by atoms with Gasteiger partial charge in [0.15, 0.2) is 5.67 Å². The molecule has 2 fully saturated rings. The van der Waals surface area contributed by atoms with E-state index in [0.29, 0.717) is 24.7 Å². The first kappa shape index (κ1) is 14.8. The second-order valence-electron chi connectivity index (χ2n) is 5.92. The molecule has 0 saturated carbocycles. The Balaban J connectivity index is 1.80. The van der Waals surface area contributed by atoms with Crippen molar-refractivity contribution in [2.75, 3.05) is 19.6 Å². The zero-order valence-corrected chi connectivity index (χ0v) is 12.7. The topological polar surface area (TPSA) is 32.3 Å². The molecule has 1 atom stereocenters. The van der Waals surface area contributed by atoms with Gasteiger partial charge in [-0.2, -0.15) is 0 Å². The van der Waals surface area contributed by atoms with Gasteiger partial charge in [0.2, 0.25) is 0 Å². The van der Waals surface area contributed by atoms with Crippen LogP contribution in [0.2, 0.25) is 5.02 Å². The molecule has 1 aromatic rings. The SMILES string of the molecule is O=C(N1CCCC1c1ccc(Cl)cc1)C1(F)CCNCC1. The Morgan fingerprint density at radius 2 is 1.95 bits per heavy atom. The summed E-state index contributed by atoms with van der Waals surface area (Å²) in [5.74, 6) is -0.332. The van der Waals surface area contributed by atoms with Crippen molar-refractivity contribution in [2.24, 2.45) is 0 Å². The van der Waals surface area contributed by atoms with E-state index in [1.165, 1.54) is 0 Å². The number of carbonyl (C=O) groups excluding carboxylic acids is 1. The van der Waals surface area contributed by atoms with Gasteiger partial charge in [0.25, 0.3) is 5.91 Å². The molecule has 0 spiro atoms. The van der Waals surface area contributed by atoms with Gasteiger partial charge in [-0.05, 0) is 43.6 Å². The van der Waals surface area contributed by atoms with Crippen LogP contribution in [0.3, 0.4) is 0 Å². The molecule has 1 amide bonds. The Bertz CT molecular complexity index is 514. The van der Waals surface area contributed by atoms with Crippen molar-refractivity contribution in [1.82, 2.24) is 10.2 Å². The van der Waals surface area contributed by atoms with Gasteiger partial charge in [0.1, 0.15) is 0 Å². The molecule has 1 N–H and O–H groups in total. The Morgan fingerprint density at radius 3 is 2.62 bits per heavy atom. The number of hydrogen-bond donors (Lipinski definition) is 1. The zero-order valence-electron chi connectivity index (χ0n) is 11.9. The summed E-state index contributed by atoms with van der Waals surface area (Å²) in [7, 11) is 0. The summed E-state index contributed by atoms with van der Waals surface area (Å²) in [6.07, 6.45) is 2.36. The third kappa shape index (κ3) is 2.92. The average Bonchev–Trinajstić information content (AvgIpc) is 2.97. The lowest BCUT2D eigenvalue weighted by molar-refractivity contribution is -0.146. The zero-order chi connectivity index (χ0) is 14.9. The van der Waals surface area contributed by atoms with Gasteiger partial charge in [-0.25, -0.2) is 4.39 Å². The average molecular weight is 311 g/mol. The van der Waals surface area contributed by atoms with Crippen LogP contribution in [0.25, 0.3) is 0 Å². The van der Waals surface area contributed by atoms with E-state index < -0.39 is 5.67 Å². The van der Waals surface area contributed by atoms with Crippen LogP contribution < -0.4 is 5.32 Å². The largest absolute Gasteiger partial charge is 0.333 e. The minimum atomic E-state index is -1.69. The molecule has 2 saturated heterocycles. The first-order chi connectivity index (χ1) is 10.1. The molecule has 0 bridgehead atoms. The molecular weight excluding hydrogens is 291 g/mol. The summed E-state index contributed by atoms with van der Waals surface area (Å²) in [6.45, 7) is 1.79. The molecule has 2 heterocycles. The van der Waals surface area contributed by atoms with E-state index in [0.717, 1.165) is 18.4 Å². The number of benzene rings is 1. The number of nitrogens with zero attached hydrogens (tertiary/aromatic N) is 1. The van der Waals surface area contributed by atoms with Crippen molar-refractivity contribution in [3.05, 3.63) is 34.9 Å². The van der Waals surface area contributed by atoms with Gasteiger partial charge in [-0.1, -0.05) is 23.7 Å². The van der Waals surface area contributed by atoms with E-state index in [9.17, 15) is 9.18 Å². The summed E-state index contributed by atoms with van der Waals surface area (Å²) in [5, 5.41) is 3.78. The van der Waals surface area contributed by atoms with Gasteiger partial charge in [-0.3, -0.25) is 4.79 Å². The maximum Gasteiger partial charge on any atom is 0.260 e. The summed E-state index contributed by atoms with van der Waals surface area (Å²) in [5.41, 5.74) is -0.650. The molecule has 5 heteroatoms. The van der Waals surface area contributed by atoms with Crippen molar-refractivity contribution in [3.63, 3.8) is 0 Å². The summed E-state index contributed by atoms with van der Waals surface area (Å²) < 4.78 is 14.9. The third-order valence-corrected chi connectivity index (χ3v) is 4.80. The van der Waals surface area contributed by atoms with E-state index in [2.05, 4.69) is 5.32 Å². The highest BCUT2D eigenvalue weighted by molar-refractivity contribution is 6.30. The van der Waals surface area contributed by atoms with Gasteiger partial charge >= 0.3 is 0 Å². The lowest BCUT2D eigenvalue weighted by Crippen LogP contribution is -2.51. The number of carbonyl (C=O) groups is 1. The van der Waals surface area contributed by atoms with Gasteiger partial charge < -0.3 is 10.2 Å². The highest BCUT2D eigenvalue weighted by Crippen LogP contribution is 2.37. The Kier molecular flexibility index (Phi) is 4.18. The molecule has 0 aliphatic carbocycles. The quantitative estimate of drug-likeness (QED) is 0.910. The van der Waals surface area contributed by atoms with Gasteiger partial charge in [0, 0.05) is 24.4 Å². The van der Waals surface area contributed by atoms with E-state index in [1.807, 2.05) is 24.3 Å². The van der Waals surface area contributed by atoms with Crippen molar-refractivity contribution < 1.29 is 9.18 Å². The second kappa shape index (κ2) is 5.93. The number of nitrogens with one attached hydrogen (secondary N) is 1. The van der Waals surface area contributed by atoms with Crippen LogP contribution in [0.15, 0.2) is 24.3 Å². The van der Waals surface area contributed by atoms with E-state index >= 15 is 0 Å². The number of rotatable bonds is 2. The monoisotopic (exact) mass is 310 g/mol. The van der Waals surface area contributed by atoms with Crippen molar-refractivity contribution in [1.29, 1.82) is 0 Å². The highest BCUT2D eigenvalue weighted by Gasteiger charge is 2.45.